The van der Waals surface area contributed by atoms with E-state index in [1.807, 2.05) is 0 Å². The molecule has 0 spiro atoms. The zero-order chi connectivity index (χ0) is 18.6. The number of amides is 2. The van der Waals surface area contributed by atoms with E-state index in [1.165, 1.54) is 23.7 Å². The van der Waals surface area contributed by atoms with Gasteiger partial charge in [-0.05, 0) is 31.2 Å². The molecule has 4 rings (SSSR count). The number of hydrogen-bond acceptors (Lipinski definition) is 8. The average molecular weight is 387 g/mol. The maximum atomic E-state index is 12.3. The highest BCUT2D eigenvalue weighted by molar-refractivity contribution is 7.14. The van der Waals surface area contributed by atoms with Crippen molar-refractivity contribution in [2.24, 2.45) is 5.92 Å². The van der Waals surface area contributed by atoms with E-state index in [4.69, 9.17) is 0 Å². The van der Waals surface area contributed by atoms with Crippen LogP contribution in [0.5, 0.6) is 0 Å². The number of carbonyl (C=O) groups excluding carboxylic acids is 2. The third kappa shape index (κ3) is 4.46. The van der Waals surface area contributed by atoms with Crippen molar-refractivity contribution in [3.8, 4) is 0 Å². The Hall–Kier alpha value is -2.43. The molecule has 1 aliphatic heterocycles. The van der Waals surface area contributed by atoms with E-state index in [9.17, 15) is 9.59 Å². The molecule has 4 N–H and O–H groups in total. The molecule has 2 aromatic heterocycles. The lowest BCUT2D eigenvalue weighted by atomic mass is 9.83. The minimum absolute atomic E-state index is 0.0426. The molecule has 9 nitrogen and oxygen atoms in total. The minimum atomic E-state index is -0.421. The first-order valence-electron chi connectivity index (χ1n) is 8.98. The Morgan fingerprint density at radius 1 is 1.26 bits per heavy atom. The van der Waals surface area contributed by atoms with Gasteiger partial charge in [0.2, 0.25) is 11.7 Å². The molecule has 1 saturated heterocycles. The number of rotatable bonds is 5. The van der Waals surface area contributed by atoms with Crippen LogP contribution < -0.4 is 21.5 Å². The second-order valence-electron chi connectivity index (χ2n) is 6.82. The van der Waals surface area contributed by atoms with Crippen molar-refractivity contribution in [3.63, 3.8) is 0 Å². The fraction of sp³-hybridized carbons (Fsp3) is 0.471. The van der Waals surface area contributed by atoms with Crippen LogP contribution in [0, 0.1) is 5.92 Å². The molecule has 2 aromatic rings. The number of nitrogens with zero attached hydrogens (tertiary/aromatic N) is 3. The lowest BCUT2D eigenvalue weighted by Crippen LogP contribution is -2.45. The van der Waals surface area contributed by atoms with Crippen molar-refractivity contribution in [2.75, 3.05) is 11.9 Å². The number of hydrazine groups is 1. The Bertz CT molecular complexity index is 813. The molecule has 0 radical (unpaired) electrons. The number of anilines is 1. The molecule has 3 heterocycles. The zero-order valence-electron chi connectivity index (χ0n) is 14.6. The molecule has 0 bridgehead atoms. The Morgan fingerprint density at radius 3 is 2.96 bits per heavy atom. The molecule has 142 valence electrons. The molecule has 2 aliphatic rings. The first kappa shape index (κ1) is 18.0. The van der Waals surface area contributed by atoms with Gasteiger partial charge in [0.25, 0.3) is 5.91 Å². The lowest BCUT2D eigenvalue weighted by Gasteiger charge is -2.31. The lowest BCUT2D eigenvalue weighted by molar-refractivity contribution is -0.121. The van der Waals surface area contributed by atoms with E-state index < -0.39 is 5.91 Å². The maximum Gasteiger partial charge on any atom is 0.295 e. The molecule has 0 aromatic carbocycles. The first-order chi connectivity index (χ1) is 13.2. The van der Waals surface area contributed by atoms with E-state index in [1.54, 1.807) is 11.4 Å². The molecule has 1 aliphatic carbocycles. The summed E-state index contributed by atoms with van der Waals surface area (Å²) in [7, 11) is 0. The average Bonchev–Trinajstić information content (AvgIpc) is 3.31. The maximum absolute atomic E-state index is 12.3. The van der Waals surface area contributed by atoms with E-state index in [0.717, 1.165) is 25.8 Å². The van der Waals surface area contributed by atoms with Crippen LogP contribution in [0.1, 0.15) is 35.6 Å². The van der Waals surface area contributed by atoms with Crippen LogP contribution in [-0.4, -0.2) is 45.4 Å². The summed E-state index contributed by atoms with van der Waals surface area (Å²) in [4.78, 5) is 36.5. The molecule has 2 amide bonds. The van der Waals surface area contributed by atoms with Gasteiger partial charge in [-0.3, -0.25) is 25.8 Å². The zero-order valence-corrected chi connectivity index (χ0v) is 15.5. The second-order valence-corrected chi connectivity index (χ2v) is 7.67. The van der Waals surface area contributed by atoms with Gasteiger partial charge in [-0.1, -0.05) is 0 Å². The van der Waals surface area contributed by atoms with Gasteiger partial charge in [-0.25, -0.2) is 15.0 Å². The van der Waals surface area contributed by atoms with E-state index in [-0.39, 0.29) is 24.2 Å². The number of nitrogens with one attached hydrogen (secondary N) is 4. The van der Waals surface area contributed by atoms with E-state index in [0.29, 0.717) is 22.8 Å². The van der Waals surface area contributed by atoms with Gasteiger partial charge in [0.15, 0.2) is 5.13 Å². The number of thiazole rings is 1. The van der Waals surface area contributed by atoms with Gasteiger partial charge >= 0.3 is 0 Å². The van der Waals surface area contributed by atoms with Gasteiger partial charge in [0.1, 0.15) is 0 Å². The van der Waals surface area contributed by atoms with Crippen LogP contribution in [0.2, 0.25) is 0 Å². The van der Waals surface area contributed by atoms with Crippen molar-refractivity contribution in [1.82, 2.24) is 31.1 Å². The van der Waals surface area contributed by atoms with Crippen LogP contribution in [0.3, 0.4) is 0 Å². The number of carbonyl (C=O) groups is 2. The Kier molecular flexibility index (Phi) is 5.37. The summed E-state index contributed by atoms with van der Waals surface area (Å²) in [5.41, 5.74) is 7.11. The van der Waals surface area contributed by atoms with Crippen LogP contribution in [0.4, 0.5) is 5.13 Å². The quantitative estimate of drug-likeness (QED) is 0.589. The van der Waals surface area contributed by atoms with Gasteiger partial charge in [-0.2, -0.15) is 0 Å². The SMILES string of the molecule is O=C(Cc1csc(NC(=O)c2ncccn2)n1)NC1CCC2CNNC2C1. The Labute approximate surface area is 160 Å². The van der Waals surface area contributed by atoms with E-state index in [2.05, 4.69) is 36.4 Å². The first-order valence-corrected chi connectivity index (χ1v) is 9.86. The highest BCUT2D eigenvalue weighted by atomic mass is 32.1. The van der Waals surface area contributed by atoms with Gasteiger partial charge in [0, 0.05) is 36.4 Å². The predicted octanol–water partition coefficient (Wildman–Crippen LogP) is 0.489. The van der Waals surface area contributed by atoms with E-state index >= 15 is 0 Å². The summed E-state index contributed by atoms with van der Waals surface area (Å²) in [6, 6.07) is 2.27. The normalized spacial score (nSPS) is 24.2. The number of hydrogen-bond donors (Lipinski definition) is 4. The largest absolute Gasteiger partial charge is 0.353 e. The summed E-state index contributed by atoms with van der Waals surface area (Å²) in [5.74, 6) is 0.281. The van der Waals surface area contributed by atoms with Crippen LogP contribution >= 0.6 is 11.3 Å². The van der Waals surface area contributed by atoms with Crippen molar-refractivity contribution in [1.29, 1.82) is 0 Å². The summed E-state index contributed by atoms with van der Waals surface area (Å²) in [6.07, 6.45) is 6.27. The summed E-state index contributed by atoms with van der Waals surface area (Å²) in [5, 5.41) is 7.97. The third-order valence-electron chi connectivity index (χ3n) is 4.89. The topological polar surface area (TPSA) is 121 Å². The molecular formula is C17H21N7O2S. The highest BCUT2D eigenvalue weighted by Gasteiger charge is 2.34. The molecule has 1 saturated carbocycles. The summed E-state index contributed by atoms with van der Waals surface area (Å²) < 4.78 is 0. The predicted molar refractivity (Wildman–Crippen MR) is 100 cm³/mol. The highest BCUT2D eigenvalue weighted by Crippen LogP contribution is 2.26. The molecule has 27 heavy (non-hydrogen) atoms. The smallest absolute Gasteiger partial charge is 0.295 e. The van der Waals surface area contributed by atoms with Gasteiger partial charge in [-0.15, -0.1) is 11.3 Å². The third-order valence-corrected chi connectivity index (χ3v) is 5.70. The van der Waals surface area contributed by atoms with Crippen molar-refractivity contribution in [3.05, 3.63) is 35.4 Å². The molecule has 3 atom stereocenters. The minimum Gasteiger partial charge on any atom is -0.353 e. The number of aromatic nitrogens is 3. The fourth-order valence-electron chi connectivity index (χ4n) is 3.56. The van der Waals surface area contributed by atoms with Crippen molar-refractivity contribution < 1.29 is 9.59 Å². The fourth-order valence-corrected chi connectivity index (χ4v) is 4.27. The molecular weight excluding hydrogens is 366 g/mol. The van der Waals surface area contributed by atoms with Crippen LogP contribution in [-0.2, 0) is 11.2 Å². The van der Waals surface area contributed by atoms with Gasteiger partial charge < -0.3 is 5.32 Å². The van der Waals surface area contributed by atoms with Crippen LogP contribution in [0.25, 0.3) is 0 Å². The monoisotopic (exact) mass is 387 g/mol. The second kappa shape index (κ2) is 8.07. The summed E-state index contributed by atoms with van der Waals surface area (Å²) >= 11 is 1.28. The standard InChI is InChI=1S/C17H21N7O2S/c25-14(21-11-3-2-10-8-20-24-13(10)6-11)7-12-9-27-17(22-12)23-16(26)15-18-4-1-5-19-15/h1,4-5,9-11,13,20,24H,2-3,6-8H2,(H,21,25)(H,22,23,26). The number of fused-ring (bicyclic) bond motifs is 1. The molecule has 3 unspecified atom stereocenters. The summed E-state index contributed by atoms with van der Waals surface area (Å²) in [6.45, 7) is 1.01. The van der Waals surface area contributed by atoms with Crippen molar-refractivity contribution in [2.45, 2.75) is 37.8 Å². The Balaban J connectivity index is 1.27. The Morgan fingerprint density at radius 2 is 2.11 bits per heavy atom. The molecule has 2 fully saturated rings. The van der Waals surface area contributed by atoms with Crippen molar-refractivity contribution >= 4 is 28.3 Å². The van der Waals surface area contributed by atoms with Gasteiger partial charge in [0.05, 0.1) is 12.1 Å². The van der Waals surface area contributed by atoms with Crippen LogP contribution in [0.15, 0.2) is 23.8 Å². The molecule has 10 heteroatoms.